The van der Waals surface area contributed by atoms with Gasteiger partial charge in [-0.2, -0.15) is 13.2 Å². The molecule has 0 aliphatic carbocycles. The summed E-state index contributed by atoms with van der Waals surface area (Å²) in [5.41, 5.74) is 0.243. The highest BCUT2D eigenvalue weighted by atomic mass is 79.9. The molecule has 0 spiro atoms. The highest BCUT2D eigenvalue weighted by Crippen LogP contribution is 2.39. The molecule has 0 unspecified atom stereocenters. The molecule has 150 valence electrons. The summed E-state index contributed by atoms with van der Waals surface area (Å²) < 4.78 is 57.1. The van der Waals surface area contributed by atoms with Crippen molar-refractivity contribution in [3.63, 3.8) is 0 Å². The third kappa shape index (κ3) is 4.81. The van der Waals surface area contributed by atoms with Gasteiger partial charge in [-0.3, -0.25) is 9.36 Å². The van der Waals surface area contributed by atoms with Gasteiger partial charge in [0.25, 0.3) is 0 Å². The number of rotatable bonds is 4. The number of aromatic nitrogens is 1. The third-order valence-electron chi connectivity index (χ3n) is 3.95. The van der Waals surface area contributed by atoms with E-state index in [0.29, 0.717) is 9.99 Å². The average Bonchev–Trinajstić information content (AvgIpc) is 2.87. The van der Waals surface area contributed by atoms with Crippen LogP contribution in [0.5, 0.6) is 0 Å². The lowest BCUT2D eigenvalue weighted by Gasteiger charge is -2.25. The van der Waals surface area contributed by atoms with Gasteiger partial charge in [-0.25, -0.2) is 8.93 Å². The second kappa shape index (κ2) is 7.67. The van der Waals surface area contributed by atoms with E-state index in [0.717, 1.165) is 0 Å². The molecule has 2 atom stereocenters. The SMILES string of the molecule is CC(C)C(=O)n1cc([C@H](N[S@@](=O)C(C)(C)C)C(F)(F)F)c2ccc(Br)cc21. The quantitative estimate of drug-likeness (QED) is 0.659. The van der Waals surface area contributed by atoms with Crippen molar-refractivity contribution in [3.8, 4) is 0 Å². The van der Waals surface area contributed by atoms with Crippen LogP contribution in [0.1, 0.15) is 51.0 Å². The van der Waals surface area contributed by atoms with Crippen LogP contribution in [0.2, 0.25) is 0 Å². The summed E-state index contributed by atoms with van der Waals surface area (Å²) in [7, 11) is -1.95. The second-order valence-corrected chi connectivity index (χ2v) is 10.5. The molecule has 1 aromatic carbocycles. The van der Waals surface area contributed by atoms with Crippen LogP contribution < -0.4 is 4.72 Å². The molecular formula is C18H22BrF3N2O2S. The first kappa shape index (κ1) is 22.1. The maximum atomic E-state index is 13.8. The van der Waals surface area contributed by atoms with Crippen molar-refractivity contribution in [2.24, 2.45) is 5.92 Å². The Morgan fingerprint density at radius 3 is 2.30 bits per heavy atom. The van der Waals surface area contributed by atoms with Gasteiger partial charge in [-0.1, -0.05) is 35.8 Å². The number of fused-ring (bicyclic) bond motifs is 1. The Hall–Kier alpha value is -1.19. The summed E-state index contributed by atoms with van der Waals surface area (Å²) in [5, 5.41) is 0.285. The molecule has 27 heavy (non-hydrogen) atoms. The van der Waals surface area contributed by atoms with E-state index >= 15 is 0 Å². The van der Waals surface area contributed by atoms with E-state index in [2.05, 4.69) is 20.7 Å². The highest BCUT2D eigenvalue weighted by molar-refractivity contribution is 9.10. The predicted molar refractivity (Wildman–Crippen MR) is 105 cm³/mol. The summed E-state index contributed by atoms with van der Waals surface area (Å²) in [6.45, 7) is 8.13. The molecular weight excluding hydrogens is 445 g/mol. The summed E-state index contributed by atoms with van der Waals surface area (Å²) in [6.07, 6.45) is -3.49. The minimum absolute atomic E-state index is 0.128. The number of nitrogens with zero attached hydrogens (tertiary/aromatic N) is 1. The van der Waals surface area contributed by atoms with Gasteiger partial charge in [-0.05, 0) is 32.9 Å². The first-order valence-electron chi connectivity index (χ1n) is 8.33. The number of alkyl halides is 3. The molecule has 0 saturated carbocycles. The fourth-order valence-corrected chi connectivity index (χ4v) is 3.68. The maximum Gasteiger partial charge on any atom is 0.408 e. The number of hydrogen-bond donors (Lipinski definition) is 1. The number of benzene rings is 1. The second-order valence-electron chi connectivity index (χ2n) is 7.58. The Morgan fingerprint density at radius 1 is 1.22 bits per heavy atom. The van der Waals surface area contributed by atoms with Crippen LogP contribution in [0.15, 0.2) is 28.9 Å². The zero-order chi connectivity index (χ0) is 20.7. The van der Waals surface area contributed by atoms with Gasteiger partial charge in [0.15, 0.2) is 0 Å². The predicted octanol–water partition coefficient (Wildman–Crippen LogP) is 5.36. The molecule has 9 heteroatoms. The largest absolute Gasteiger partial charge is 0.408 e. The molecule has 2 aromatic rings. The van der Waals surface area contributed by atoms with Crippen LogP contribution in [0.4, 0.5) is 13.2 Å². The monoisotopic (exact) mass is 466 g/mol. The number of hydrogen-bond acceptors (Lipinski definition) is 2. The topological polar surface area (TPSA) is 51.1 Å². The maximum absolute atomic E-state index is 13.8. The highest BCUT2D eigenvalue weighted by Gasteiger charge is 2.44. The summed E-state index contributed by atoms with van der Waals surface area (Å²) in [6, 6.07) is 2.58. The molecule has 0 amide bonds. The van der Waals surface area contributed by atoms with E-state index in [1.807, 2.05) is 0 Å². The van der Waals surface area contributed by atoms with E-state index in [1.165, 1.54) is 16.8 Å². The lowest BCUT2D eigenvalue weighted by molar-refractivity contribution is -0.152. The molecule has 4 nitrogen and oxygen atoms in total. The fraction of sp³-hybridized carbons (Fsp3) is 0.500. The molecule has 0 fully saturated rings. The molecule has 1 aromatic heterocycles. The number of halogens is 4. The van der Waals surface area contributed by atoms with E-state index in [-0.39, 0.29) is 16.9 Å². The van der Waals surface area contributed by atoms with Crippen LogP contribution in [0.3, 0.4) is 0 Å². The average molecular weight is 467 g/mol. The Kier molecular flexibility index (Phi) is 6.28. The van der Waals surface area contributed by atoms with Crippen molar-refractivity contribution in [2.45, 2.75) is 51.6 Å². The molecule has 0 aliphatic rings. The number of carbonyl (C=O) groups is 1. The van der Waals surface area contributed by atoms with E-state index in [9.17, 15) is 22.2 Å². The lowest BCUT2D eigenvalue weighted by atomic mass is 10.1. The van der Waals surface area contributed by atoms with Crippen LogP contribution in [-0.4, -0.2) is 25.6 Å². The molecule has 0 aliphatic heterocycles. The van der Waals surface area contributed by atoms with Crippen molar-refractivity contribution < 1.29 is 22.2 Å². The van der Waals surface area contributed by atoms with Gasteiger partial charge in [0.05, 0.1) is 21.2 Å². The summed E-state index contributed by atoms with van der Waals surface area (Å²) in [4.78, 5) is 12.5. The smallest absolute Gasteiger partial charge is 0.287 e. The molecule has 1 N–H and O–H groups in total. The minimum atomic E-state index is -4.69. The van der Waals surface area contributed by atoms with Crippen LogP contribution in [-0.2, 0) is 11.0 Å². The standard InChI is InChI=1S/C18H22BrF3N2O2S/c1-10(2)16(25)24-9-13(12-7-6-11(19)8-14(12)24)15(18(20,21)22)23-27(26)17(3,4)5/h6-10,15,23H,1-5H3/t15-,27-/m0/s1. The van der Waals surface area contributed by atoms with Crippen molar-refractivity contribution in [1.29, 1.82) is 0 Å². The van der Waals surface area contributed by atoms with E-state index < -0.39 is 33.9 Å². The molecule has 0 saturated heterocycles. The lowest BCUT2D eigenvalue weighted by Crippen LogP contribution is -2.41. The normalized spacial score (nSPS) is 15.3. The zero-order valence-corrected chi connectivity index (χ0v) is 18.1. The zero-order valence-electron chi connectivity index (χ0n) is 15.6. The molecule has 0 radical (unpaired) electrons. The van der Waals surface area contributed by atoms with Crippen LogP contribution >= 0.6 is 15.9 Å². The van der Waals surface area contributed by atoms with Crippen LogP contribution in [0.25, 0.3) is 10.9 Å². The van der Waals surface area contributed by atoms with Gasteiger partial charge in [0.1, 0.15) is 6.04 Å². The first-order valence-corrected chi connectivity index (χ1v) is 10.3. The first-order chi connectivity index (χ1) is 12.2. The Morgan fingerprint density at radius 2 is 1.81 bits per heavy atom. The Balaban J connectivity index is 2.69. The Labute approximate surface area is 167 Å². The van der Waals surface area contributed by atoms with Gasteiger partial charge < -0.3 is 0 Å². The van der Waals surface area contributed by atoms with Crippen molar-refractivity contribution in [3.05, 3.63) is 34.4 Å². The molecule has 2 rings (SSSR count). The van der Waals surface area contributed by atoms with Crippen molar-refractivity contribution in [2.75, 3.05) is 0 Å². The van der Waals surface area contributed by atoms with Crippen LogP contribution in [0, 0.1) is 5.92 Å². The van der Waals surface area contributed by atoms with Gasteiger partial charge >= 0.3 is 6.18 Å². The number of nitrogens with one attached hydrogen (secondary N) is 1. The summed E-state index contributed by atoms with van der Waals surface area (Å²) >= 11 is 3.29. The Bertz CT molecular complexity index is 885. The summed E-state index contributed by atoms with van der Waals surface area (Å²) in [5.74, 6) is -0.712. The van der Waals surface area contributed by atoms with Gasteiger partial charge in [0, 0.05) is 27.5 Å². The van der Waals surface area contributed by atoms with Crippen molar-refractivity contribution >= 4 is 43.7 Å². The van der Waals surface area contributed by atoms with Gasteiger partial charge in [-0.15, -0.1) is 0 Å². The van der Waals surface area contributed by atoms with E-state index in [4.69, 9.17) is 0 Å². The van der Waals surface area contributed by atoms with Crippen molar-refractivity contribution in [1.82, 2.24) is 9.29 Å². The van der Waals surface area contributed by atoms with E-state index in [1.54, 1.807) is 46.8 Å². The number of carbonyl (C=O) groups excluding carboxylic acids is 1. The van der Waals surface area contributed by atoms with Gasteiger partial charge in [0.2, 0.25) is 5.91 Å². The third-order valence-corrected chi connectivity index (χ3v) is 6.00. The minimum Gasteiger partial charge on any atom is -0.287 e. The molecule has 1 heterocycles. The molecule has 0 bridgehead atoms. The fourth-order valence-electron chi connectivity index (χ4n) is 2.51.